The summed E-state index contributed by atoms with van der Waals surface area (Å²) in [5.41, 5.74) is -5.38. The van der Waals surface area contributed by atoms with E-state index in [1.54, 1.807) is 6.92 Å². The van der Waals surface area contributed by atoms with E-state index in [-0.39, 0.29) is 39.4 Å². The molecule has 0 aromatic carbocycles. The van der Waals surface area contributed by atoms with E-state index in [0.29, 0.717) is 32.1 Å². The van der Waals surface area contributed by atoms with Gasteiger partial charge in [-0.15, -0.1) is 0 Å². The molecule has 5 aliphatic carbocycles. The summed E-state index contributed by atoms with van der Waals surface area (Å²) in [7, 11) is 0. The van der Waals surface area contributed by atoms with Crippen LogP contribution in [0.25, 0.3) is 0 Å². The third-order valence-corrected chi connectivity index (χ3v) is 26.3. The summed E-state index contributed by atoms with van der Waals surface area (Å²) in [6, 6.07) is 0. The molecule has 7 saturated heterocycles. The molecule has 100 heavy (non-hydrogen) atoms. The maximum Gasteiger partial charge on any atom is 0.315 e. The minimum Gasteiger partial charge on any atom is -0.432 e. The summed E-state index contributed by atoms with van der Waals surface area (Å²) in [5.74, 6) is -0.448. The van der Waals surface area contributed by atoms with Crippen molar-refractivity contribution in [3.8, 4) is 0 Å². The van der Waals surface area contributed by atoms with Crippen molar-refractivity contribution >= 4 is 5.97 Å². The maximum atomic E-state index is 15.2. The Kier molecular flexibility index (Phi) is 22.2. The number of allylic oxidation sites excluding steroid dienone is 2. The van der Waals surface area contributed by atoms with E-state index < -0.39 is 246 Å². The van der Waals surface area contributed by atoms with Crippen molar-refractivity contribution in [2.24, 2.45) is 50.2 Å². The van der Waals surface area contributed by atoms with E-state index in [1.807, 2.05) is 0 Å². The zero-order valence-electron chi connectivity index (χ0n) is 58.2. The molecule has 0 aromatic heterocycles. The van der Waals surface area contributed by atoms with Crippen LogP contribution in [-0.4, -0.2) is 322 Å². The summed E-state index contributed by atoms with van der Waals surface area (Å²) in [4.78, 5) is 15.2. The van der Waals surface area contributed by atoms with Gasteiger partial charge in [0.15, 0.2) is 37.7 Å². The zero-order chi connectivity index (χ0) is 72.7. The van der Waals surface area contributed by atoms with E-state index >= 15 is 4.79 Å². The molecule has 32 heteroatoms. The van der Waals surface area contributed by atoms with Crippen molar-refractivity contribution < 1.29 is 158 Å². The normalized spacial score (nSPS) is 54.6. The number of aliphatic hydroxyl groups is 17. The highest BCUT2D eigenvalue weighted by atomic mass is 16.8. The first-order valence-electron chi connectivity index (χ1n) is 35.6. The predicted molar refractivity (Wildman–Crippen MR) is 334 cm³/mol. The van der Waals surface area contributed by atoms with Crippen molar-refractivity contribution in [2.75, 3.05) is 46.2 Å². The summed E-state index contributed by atoms with van der Waals surface area (Å²) in [6.45, 7) is 14.7. The Bertz CT molecular complexity index is 2880. The fourth-order valence-corrected chi connectivity index (χ4v) is 19.7. The molecule has 7 heterocycles. The first kappa shape index (κ1) is 77.6. The van der Waals surface area contributed by atoms with Crippen LogP contribution >= 0.6 is 0 Å². The Morgan fingerprint density at radius 1 is 0.530 bits per heavy atom. The van der Waals surface area contributed by atoms with Crippen molar-refractivity contribution in [2.45, 2.75) is 310 Å². The van der Waals surface area contributed by atoms with Crippen LogP contribution in [-0.2, 0) is 71.1 Å². The van der Waals surface area contributed by atoms with Crippen molar-refractivity contribution in [1.29, 1.82) is 0 Å². The number of hydrogen-bond acceptors (Lipinski definition) is 32. The van der Waals surface area contributed by atoms with Crippen LogP contribution in [0.1, 0.15) is 127 Å². The molecule has 7 aliphatic heterocycles. The lowest BCUT2D eigenvalue weighted by Gasteiger charge is -2.71. The number of aliphatic hydroxyl groups excluding tert-OH is 15. The highest BCUT2D eigenvalue weighted by Crippen LogP contribution is 2.76. The molecule has 0 radical (unpaired) electrons. The monoisotopic (exact) mass is 1440 g/mol. The Morgan fingerprint density at radius 3 is 1.81 bits per heavy atom. The SMILES string of the molecule is CC1OC(OC2C(CO)OC(OC(=O)C34CCC(C)(C)CC3C3=CCC5C6(C)CCC(OC7OC(C)C(OC8OCC(O)(COC9OCC(O)C(OC%10OCC(OC%11OCC(O)(CO)C%11O)C(O)C%10O)C9O)C8O)C(O)C7O)C(C)(C)C6CCC5(C)C3(C)CC4)C(O)C2O)C(O)C(O)C1O. The van der Waals surface area contributed by atoms with Gasteiger partial charge < -0.3 is 153 Å². The number of hydrogen-bond donors (Lipinski definition) is 17. The number of rotatable bonds is 17. The fourth-order valence-electron chi connectivity index (χ4n) is 19.7. The summed E-state index contributed by atoms with van der Waals surface area (Å²) >= 11 is 0. The Balaban J connectivity index is 0.647. The lowest BCUT2D eigenvalue weighted by Crippen LogP contribution is -2.66. The molecular formula is C68H110O32. The summed E-state index contributed by atoms with van der Waals surface area (Å²) < 4.78 is 81.8. The lowest BCUT2D eigenvalue weighted by atomic mass is 9.33. The van der Waals surface area contributed by atoms with E-state index in [4.69, 9.17) is 66.3 Å². The Labute approximate surface area is 580 Å². The minimum absolute atomic E-state index is 0.137. The first-order valence-corrected chi connectivity index (χ1v) is 35.6. The number of fused-ring (bicyclic) bond motifs is 7. The lowest BCUT2D eigenvalue weighted by molar-refractivity contribution is -0.353. The molecule has 37 atom stereocenters. The number of carbonyl (C=O) groups excluding carboxylic acids is 1. The smallest absolute Gasteiger partial charge is 0.315 e. The van der Waals surface area contributed by atoms with Gasteiger partial charge in [-0.3, -0.25) is 4.79 Å². The van der Waals surface area contributed by atoms with Gasteiger partial charge in [-0.25, -0.2) is 0 Å². The average molecular weight is 1440 g/mol. The van der Waals surface area contributed by atoms with Gasteiger partial charge in [0.25, 0.3) is 0 Å². The zero-order valence-corrected chi connectivity index (χ0v) is 58.2. The number of ether oxygens (including phenoxy) is 14. The van der Waals surface area contributed by atoms with Crippen molar-refractivity contribution in [3.05, 3.63) is 11.6 Å². The van der Waals surface area contributed by atoms with Crippen LogP contribution in [0.4, 0.5) is 0 Å². The molecule has 11 fully saturated rings. The predicted octanol–water partition coefficient (Wildman–Crippen LogP) is -3.95. The highest BCUT2D eigenvalue weighted by Gasteiger charge is 2.71. The van der Waals surface area contributed by atoms with Gasteiger partial charge in [0, 0.05) is 0 Å². The van der Waals surface area contributed by atoms with Gasteiger partial charge in [0.2, 0.25) is 6.29 Å². The number of esters is 1. The van der Waals surface area contributed by atoms with Gasteiger partial charge in [0.1, 0.15) is 121 Å². The molecule has 0 bridgehead atoms. The highest BCUT2D eigenvalue weighted by molar-refractivity contribution is 5.79. The molecule has 4 saturated carbocycles. The van der Waals surface area contributed by atoms with Gasteiger partial charge >= 0.3 is 5.97 Å². The van der Waals surface area contributed by atoms with Crippen LogP contribution in [0.5, 0.6) is 0 Å². The molecule has 574 valence electrons. The molecule has 12 aliphatic rings. The second-order valence-corrected chi connectivity index (χ2v) is 33.2. The molecule has 0 amide bonds. The molecule has 17 N–H and O–H groups in total. The van der Waals surface area contributed by atoms with E-state index in [0.717, 1.165) is 32.1 Å². The minimum atomic E-state index is -2.21. The van der Waals surface area contributed by atoms with Crippen LogP contribution in [0, 0.1) is 50.2 Å². The molecule has 32 nitrogen and oxygen atoms in total. The van der Waals surface area contributed by atoms with E-state index in [1.165, 1.54) is 12.5 Å². The third-order valence-electron chi connectivity index (χ3n) is 26.3. The summed E-state index contributed by atoms with van der Waals surface area (Å²) in [6.07, 6.45) is -33.3. The molecule has 12 rings (SSSR count). The van der Waals surface area contributed by atoms with E-state index in [9.17, 15) is 86.8 Å². The number of carbonyl (C=O) groups is 1. The first-order chi connectivity index (χ1) is 46.8. The van der Waals surface area contributed by atoms with Crippen LogP contribution < -0.4 is 0 Å². The fraction of sp³-hybridized carbons (Fsp3) is 0.956. The van der Waals surface area contributed by atoms with Gasteiger partial charge in [-0.05, 0) is 123 Å². The topological polar surface area (TPSA) is 490 Å². The standard InChI is InChI=1S/C68H110O32/c1-28-38(72)40(74)44(78)56(92-28)99-50-33(21-69)94-57(46(80)42(50)76)100-60(84)66-18-16-61(3,4)20-31(66)30-10-11-36-63(7)14-13-37(62(5,6)35(63)12-15-65(36,9)64(30,8)17-19-66)96-55-45(79)41(75)48(29(2)93-55)97-59-52(83)68(86,27-91-59)26-89-53-47(81)49(32(71)22-87-53)98-54-43(77)39(73)34(23-88-54)95-58-51(82)67(85,24-70)25-90-58/h10,28-29,31-59,69-83,85-86H,11-27H2,1-9H3. The Hall–Kier alpha value is -1.99. The molecule has 37 unspecified atom stereocenters. The van der Waals surface area contributed by atoms with Gasteiger partial charge in [-0.2, -0.15) is 0 Å². The summed E-state index contributed by atoms with van der Waals surface area (Å²) in [5, 5.41) is 186. The van der Waals surface area contributed by atoms with Crippen LogP contribution in [0.3, 0.4) is 0 Å². The third kappa shape index (κ3) is 13.2. The van der Waals surface area contributed by atoms with Gasteiger partial charge in [0.05, 0.1) is 70.0 Å². The quantitative estimate of drug-likeness (QED) is 0.0375. The Morgan fingerprint density at radius 2 is 1.12 bits per heavy atom. The van der Waals surface area contributed by atoms with Gasteiger partial charge in [-0.1, -0.05) is 60.1 Å². The van der Waals surface area contributed by atoms with Crippen molar-refractivity contribution in [3.63, 3.8) is 0 Å². The second kappa shape index (κ2) is 28.5. The maximum absolute atomic E-state index is 15.2. The average Bonchev–Trinajstić information content (AvgIpc) is 0.789. The molecule has 0 spiro atoms. The largest absolute Gasteiger partial charge is 0.432 e. The van der Waals surface area contributed by atoms with Crippen LogP contribution in [0.2, 0.25) is 0 Å². The molecular weight excluding hydrogens is 1330 g/mol. The van der Waals surface area contributed by atoms with E-state index in [2.05, 4.69) is 54.5 Å². The molecule has 0 aromatic rings. The second-order valence-electron chi connectivity index (χ2n) is 33.2. The van der Waals surface area contributed by atoms with Crippen molar-refractivity contribution in [1.82, 2.24) is 0 Å². The van der Waals surface area contributed by atoms with Crippen LogP contribution in [0.15, 0.2) is 11.6 Å².